The maximum absolute atomic E-state index is 13.3. The SMILES string of the molecule is O=C1[C@H](CCCc2ccc(F)cc2)[C@@H](c2ccc(C[C@@H]3OC(CO)[C@@H](O)[C@H](O)C3O)cc2O)N1c1ccccc1. The molecule has 3 aromatic carbocycles. The highest BCUT2D eigenvalue weighted by atomic mass is 19.1. The highest BCUT2D eigenvalue weighted by Gasteiger charge is 2.49. The summed E-state index contributed by atoms with van der Waals surface area (Å²) in [7, 11) is 0. The van der Waals surface area contributed by atoms with Crippen LogP contribution in [-0.2, 0) is 22.4 Å². The first kappa shape index (κ1) is 28.2. The summed E-state index contributed by atoms with van der Waals surface area (Å²) in [5, 5.41) is 51.1. The first-order valence-electron chi connectivity index (χ1n) is 13.5. The lowest BCUT2D eigenvalue weighted by Gasteiger charge is -2.48. The van der Waals surface area contributed by atoms with Gasteiger partial charge < -0.3 is 35.2 Å². The molecule has 0 radical (unpaired) electrons. The molecule has 7 atom stereocenters. The third-order valence-electron chi connectivity index (χ3n) is 7.98. The molecule has 2 aliphatic rings. The number of amides is 1. The number of rotatable bonds is 9. The Hall–Kier alpha value is -3.34. The topological polar surface area (TPSA) is 131 Å². The van der Waals surface area contributed by atoms with E-state index in [1.807, 2.05) is 30.3 Å². The molecule has 9 heteroatoms. The molecule has 5 rings (SSSR count). The Morgan fingerprint density at radius 3 is 2.20 bits per heavy atom. The van der Waals surface area contributed by atoms with Crippen molar-refractivity contribution in [2.24, 2.45) is 5.92 Å². The number of anilines is 1. The predicted octanol–water partition coefficient (Wildman–Crippen LogP) is 2.64. The van der Waals surface area contributed by atoms with Crippen molar-refractivity contribution in [1.29, 1.82) is 0 Å². The van der Waals surface area contributed by atoms with Gasteiger partial charge in [0, 0.05) is 17.7 Å². The first-order chi connectivity index (χ1) is 19.3. The number of β-lactam (4-membered cyclic amide) rings is 1. The Labute approximate surface area is 231 Å². The third-order valence-corrected chi connectivity index (χ3v) is 7.98. The van der Waals surface area contributed by atoms with Crippen molar-refractivity contribution in [3.63, 3.8) is 0 Å². The number of hydrogen-bond acceptors (Lipinski definition) is 7. The summed E-state index contributed by atoms with van der Waals surface area (Å²) in [5.41, 5.74) is 2.94. The fourth-order valence-corrected chi connectivity index (χ4v) is 5.79. The molecule has 2 saturated heterocycles. The molecule has 40 heavy (non-hydrogen) atoms. The second-order valence-corrected chi connectivity index (χ2v) is 10.6. The number of hydrogen-bond donors (Lipinski definition) is 5. The molecule has 0 saturated carbocycles. The Morgan fingerprint density at radius 2 is 1.52 bits per heavy atom. The molecule has 2 aliphatic heterocycles. The molecule has 212 valence electrons. The normalized spacial score (nSPS) is 28.4. The van der Waals surface area contributed by atoms with E-state index in [1.165, 1.54) is 12.1 Å². The summed E-state index contributed by atoms with van der Waals surface area (Å²) in [6.07, 6.45) is -4.05. The van der Waals surface area contributed by atoms with Gasteiger partial charge in [-0.15, -0.1) is 0 Å². The molecule has 3 aromatic rings. The largest absolute Gasteiger partial charge is 0.508 e. The maximum Gasteiger partial charge on any atom is 0.233 e. The number of ether oxygens (including phenoxy) is 1. The van der Waals surface area contributed by atoms with Gasteiger partial charge in [-0.05, 0) is 60.7 Å². The van der Waals surface area contributed by atoms with Crippen LogP contribution in [0.25, 0.3) is 0 Å². The van der Waals surface area contributed by atoms with E-state index in [9.17, 15) is 34.7 Å². The number of para-hydroxylation sites is 1. The Kier molecular flexibility index (Phi) is 8.48. The van der Waals surface area contributed by atoms with Crippen LogP contribution in [0.1, 0.15) is 35.6 Å². The summed E-state index contributed by atoms with van der Waals surface area (Å²) in [4.78, 5) is 15.0. The van der Waals surface area contributed by atoms with Crippen molar-refractivity contribution in [1.82, 2.24) is 0 Å². The monoisotopic (exact) mass is 551 g/mol. The molecule has 2 fully saturated rings. The fourth-order valence-electron chi connectivity index (χ4n) is 5.79. The van der Waals surface area contributed by atoms with Crippen molar-refractivity contribution < 1.29 is 39.5 Å². The van der Waals surface area contributed by atoms with Crippen LogP contribution in [0.5, 0.6) is 5.75 Å². The van der Waals surface area contributed by atoms with Crippen LogP contribution in [0, 0.1) is 11.7 Å². The molecule has 8 nitrogen and oxygen atoms in total. The van der Waals surface area contributed by atoms with Crippen LogP contribution in [0.3, 0.4) is 0 Å². The van der Waals surface area contributed by atoms with Gasteiger partial charge in [-0.1, -0.05) is 42.5 Å². The number of aliphatic hydroxyl groups excluding tert-OH is 4. The van der Waals surface area contributed by atoms with Crippen molar-refractivity contribution in [3.05, 3.63) is 95.3 Å². The zero-order valence-corrected chi connectivity index (χ0v) is 21.9. The average Bonchev–Trinajstić information content (AvgIpc) is 2.96. The fraction of sp³-hybridized carbons (Fsp3) is 0.387. The molecule has 5 N–H and O–H groups in total. The van der Waals surface area contributed by atoms with E-state index in [0.717, 1.165) is 17.7 Å². The summed E-state index contributed by atoms with van der Waals surface area (Å²) >= 11 is 0. The molecular weight excluding hydrogens is 517 g/mol. The minimum atomic E-state index is -1.47. The lowest BCUT2D eigenvalue weighted by Crippen LogP contribution is -2.59. The number of aromatic hydroxyl groups is 1. The van der Waals surface area contributed by atoms with Gasteiger partial charge in [0.25, 0.3) is 0 Å². The molecule has 2 heterocycles. The molecule has 0 bridgehead atoms. The minimum absolute atomic E-state index is 0.0101. The van der Waals surface area contributed by atoms with Gasteiger partial charge in [-0.3, -0.25) is 4.79 Å². The molecule has 1 amide bonds. The molecule has 2 unspecified atom stereocenters. The predicted molar refractivity (Wildman–Crippen MR) is 145 cm³/mol. The summed E-state index contributed by atoms with van der Waals surface area (Å²) in [6.45, 7) is -0.515. The van der Waals surface area contributed by atoms with Crippen molar-refractivity contribution in [2.75, 3.05) is 11.5 Å². The van der Waals surface area contributed by atoms with E-state index in [0.29, 0.717) is 24.0 Å². The number of carbonyl (C=O) groups excluding carboxylic acids is 1. The van der Waals surface area contributed by atoms with Gasteiger partial charge >= 0.3 is 0 Å². The number of aliphatic hydroxyl groups is 4. The van der Waals surface area contributed by atoms with Crippen molar-refractivity contribution in [3.8, 4) is 5.75 Å². The number of halogens is 1. The van der Waals surface area contributed by atoms with Crippen LogP contribution >= 0.6 is 0 Å². The number of carbonyl (C=O) groups is 1. The Balaban J connectivity index is 1.34. The standard InChI is InChI=1S/C31H34FNO7/c32-20-12-9-18(10-13-20)5-4-8-23-27(33(31(23)39)21-6-2-1-3-7-21)22-14-11-19(15-24(22)35)16-25-28(36)30(38)29(37)26(17-34)40-25/h1-3,6-7,9-15,23,25-30,34-38H,4-5,8,16-17H2/t23-,25+,26?,27-,28?,29-,30-/m1/s1. The zero-order chi connectivity index (χ0) is 28.4. The molecule has 0 spiro atoms. The van der Waals surface area contributed by atoms with Crippen LogP contribution in [-0.4, -0.2) is 68.6 Å². The lowest BCUT2D eigenvalue weighted by molar-refractivity contribution is -0.228. The van der Waals surface area contributed by atoms with Crippen LogP contribution in [0.4, 0.5) is 10.1 Å². The van der Waals surface area contributed by atoms with Gasteiger partial charge in [0.1, 0.15) is 36.0 Å². The van der Waals surface area contributed by atoms with E-state index < -0.39 is 37.1 Å². The van der Waals surface area contributed by atoms with Crippen molar-refractivity contribution >= 4 is 11.6 Å². The van der Waals surface area contributed by atoms with Crippen LogP contribution in [0.15, 0.2) is 72.8 Å². The molecular formula is C31H34FNO7. The number of phenolic OH excluding ortho intramolecular Hbond substituents is 1. The van der Waals surface area contributed by atoms with Crippen LogP contribution < -0.4 is 4.90 Å². The highest BCUT2D eigenvalue weighted by molar-refractivity contribution is 6.03. The Morgan fingerprint density at radius 1 is 0.850 bits per heavy atom. The molecule has 0 aromatic heterocycles. The average molecular weight is 552 g/mol. The first-order valence-corrected chi connectivity index (χ1v) is 13.5. The Bertz CT molecular complexity index is 1300. The smallest absolute Gasteiger partial charge is 0.233 e. The van der Waals surface area contributed by atoms with E-state index in [2.05, 4.69) is 0 Å². The van der Waals surface area contributed by atoms with Gasteiger partial charge in [0.15, 0.2) is 0 Å². The van der Waals surface area contributed by atoms with Gasteiger partial charge in [-0.25, -0.2) is 4.39 Å². The number of benzene rings is 3. The van der Waals surface area contributed by atoms with Gasteiger partial charge in [-0.2, -0.15) is 0 Å². The van der Waals surface area contributed by atoms with Crippen LogP contribution in [0.2, 0.25) is 0 Å². The van der Waals surface area contributed by atoms with E-state index >= 15 is 0 Å². The summed E-state index contributed by atoms with van der Waals surface area (Å²) in [5.74, 6) is -0.672. The lowest BCUT2D eigenvalue weighted by atomic mass is 9.78. The summed E-state index contributed by atoms with van der Waals surface area (Å²) < 4.78 is 18.9. The minimum Gasteiger partial charge on any atom is -0.508 e. The van der Waals surface area contributed by atoms with Gasteiger partial charge in [0.2, 0.25) is 5.91 Å². The van der Waals surface area contributed by atoms with Gasteiger partial charge in [0.05, 0.1) is 24.7 Å². The second kappa shape index (κ2) is 12.0. The highest BCUT2D eigenvalue weighted by Crippen LogP contribution is 2.48. The number of nitrogens with zero attached hydrogens (tertiary/aromatic N) is 1. The number of phenols is 1. The summed E-state index contributed by atoms with van der Waals surface area (Å²) in [6, 6.07) is 20.3. The van der Waals surface area contributed by atoms with E-state index in [4.69, 9.17) is 4.74 Å². The van der Waals surface area contributed by atoms with E-state index in [-0.39, 0.29) is 35.9 Å². The van der Waals surface area contributed by atoms with E-state index in [1.54, 1.807) is 35.2 Å². The zero-order valence-electron chi connectivity index (χ0n) is 21.9. The number of aryl methyl sites for hydroxylation is 1. The van der Waals surface area contributed by atoms with Crippen molar-refractivity contribution in [2.45, 2.75) is 62.2 Å². The maximum atomic E-state index is 13.3. The molecule has 0 aliphatic carbocycles. The quantitative estimate of drug-likeness (QED) is 0.259. The third kappa shape index (κ3) is 5.61. The second-order valence-electron chi connectivity index (χ2n) is 10.6.